The predicted octanol–water partition coefficient (Wildman–Crippen LogP) is 3.66. The molecule has 2 heterocycles. The number of rotatable bonds is 3. The monoisotopic (exact) mass is 287 g/mol. The molecule has 1 aromatic rings. The van der Waals surface area contributed by atoms with Crippen molar-refractivity contribution in [1.29, 1.82) is 0 Å². The standard InChI is InChI=1S/C12H18BrNS/c1-10-6-12(9-15-10)8-14-4-2-11(7-13)3-5-14/h6,9,11H,2-5,7-8H2,1H3. The molecule has 0 saturated carbocycles. The summed E-state index contributed by atoms with van der Waals surface area (Å²) < 4.78 is 0. The number of hydrogen-bond donors (Lipinski definition) is 0. The first-order valence-electron chi connectivity index (χ1n) is 5.60. The molecule has 0 N–H and O–H groups in total. The quantitative estimate of drug-likeness (QED) is 0.767. The molecular formula is C12H18BrNS. The van der Waals surface area contributed by atoms with Crippen LogP contribution < -0.4 is 0 Å². The lowest BCUT2D eigenvalue weighted by Crippen LogP contribution is -2.33. The Balaban J connectivity index is 1.82. The summed E-state index contributed by atoms with van der Waals surface area (Å²) in [5.74, 6) is 0.908. The average Bonchev–Trinajstić information content (AvgIpc) is 2.65. The van der Waals surface area contributed by atoms with Gasteiger partial charge in [0, 0.05) is 16.8 Å². The molecule has 0 atom stereocenters. The molecule has 1 aliphatic heterocycles. The van der Waals surface area contributed by atoms with Gasteiger partial charge in [-0.15, -0.1) is 11.3 Å². The van der Waals surface area contributed by atoms with Gasteiger partial charge in [0.1, 0.15) is 0 Å². The summed E-state index contributed by atoms with van der Waals surface area (Å²) in [5, 5.41) is 3.48. The second-order valence-electron chi connectivity index (χ2n) is 4.44. The van der Waals surface area contributed by atoms with Crippen LogP contribution in [0.15, 0.2) is 11.4 Å². The molecule has 3 heteroatoms. The Labute approximate surface area is 105 Å². The van der Waals surface area contributed by atoms with Crippen molar-refractivity contribution in [2.24, 2.45) is 5.92 Å². The smallest absolute Gasteiger partial charge is 0.0242 e. The van der Waals surface area contributed by atoms with Crippen molar-refractivity contribution >= 4 is 27.3 Å². The molecule has 1 nitrogen and oxygen atoms in total. The third kappa shape index (κ3) is 3.30. The Morgan fingerprint density at radius 3 is 2.73 bits per heavy atom. The summed E-state index contributed by atoms with van der Waals surface area (Å²) in [5.41, 5.74) is 1.50. The van der Waals surface area contributed by atoms with E-state index in [1.165, 1.54) is 41.7 Å². The van der Waals surface area contributed by atoms with E-state index in [-0.39, 0.29) is 0 Å². The van der Waals surface area contributed by atoms with Gasteiger partial charge in [0.25, 0.3) is 0 Å². The first-order valence-corrected chi connectivity index (χ1v) is 7.60. The summed E-state index contributed by atoms with van der Waals surface area (Å²) in [6.45, 7) is 5.88. The maximum atomic E-state index is 3.58. The minimum Gasteiger partial charge on any atom is -0.299 e. The number of aryl methyl sites for hydroxylation is 1. The molecule has 0 aromatic carbocycles. The van der Waals surface area contributed by atoms with Crippen molar-refractivity contribution < 1.29 is 0 Å². The van der Waals surface area contributed by atoms with Crippen LogP contribution in [0.25, 0.3) is 0 Å². The number of thiophene rings is 1. The van der Waals surface area contributed by atoms with E-state index in [9.17, 15) is 0 Å². The van der Waals surface area contributed by atoms with Crippen LogP contribution in [-0.4, -0.2) is 23.3 Å². The van der Waals surface area contributed by atoms with Gasteiger partial charge in [-0.3, -0.25) is 4.90 Å². The Hall–Kier alpha value is 0.140. The fourth-order valence-corrected chi connectivity index (χ4v) is 3.48. The highest BCUT2D eigenvalue weighted by atomic mass is 79.9. The lowest BCUT2D eigenvalue weighted by Gasteiger charge is -2.30. The molecule has 0 aliphatic carbocycles. The molecule has 0 radical (unpaired) electrons. The van der Waals surface area contributed by atoms with Crippen molar-refractivity contribution in [3.8, 4) is 0 Å². The van der Waals surface area contributed by atoms with Crippen LogP contribution in [0, 0.1) is 12.8 Å². The third-order valence-electron chi connectivity index (χ3n) is 3.12. The van der Waals surface area contributed by atoms with Crippen LogP contribution in [0.1, 0.15) is 23.3 Å². The van der Waals surface area contributed by atoms with Crippen molar-refractivity contribution in [2.75, 3.05) is 18.4 Å². The molecule has 0 unspecified atom stereocenters. The molecule has 15 heavy (non-hydrogen) atoms. The second kappa shape index (κ2) is 5.46. The molecule has 0 amide bonds. The van der Waals surface area contributed by atoms with Gasteiger partial charge < -0.3 is 0 Å². The van der Waals surface area contributed by atoms with Crippen molar-refractivity contribution in [1.82, 2.24) is 4.90 Å². The van der Waals surface area contributed by atoms with E-state index in [1.807, 2.05) is 11.3 Å². The molecular weight excluding hydrogens is 270 g/mol. The normalized spacial score (nSPS) is 19.6. The Kier molecular flexibility index (Phi) is 4.23. The summed E-state index contributed by atoms with van der Waals surface area (Å²) in [6.07, 6.45) is 2.71. The van der Waals surface area contributed by atoms with E-state index in [2.05, 4.69) is 39.2 Å². The van der Waals surface area contributed by atoms with Crippen LogP contribution in [0.3, 0.4) is 0 Å². The van der Waals surface area contributed by atoms with Gasteiger partial charge in [-0.1, -0.05) is 15.9 Å². The van der Waals surface area contributed by atoms with Crippen molar-refractivity contribution in [3.05, 3.63) is 21.9 Å². The molecule has 1 aromatic heterocycles. The minimum atomic E-state index is 0.908. The third-order valence-corrected chi connectivity index (χ3v) is 4.94. The molecule has 1 saturated heterocycles. The number of hydrogen-bond acceptors (Lipinski definition) is 2. The van der Waals surface area contributed by atoms with E-state index < -0.39 is 0 Å². The van der Waals surface area contributed by atoms with E-state index >= 15 is 0 Å². The van der Waals surface area contributed by atoms with Gasteiger partial charge in [-0.25, -0.2) is 0 Å². The highest BCUT2D eigenvalue weighted by Gasteiger charge is 2.18. The summed E-state index contributed by atoms with van der Waals surface area (Å²) in [4.78, 5) is 4.01. The van der Waals surface area contributed by atoms with Crippen molar-refractivity contribution in [3.63, 3.8) is 0 Å². The van der Waals surface area contributed by atoms with Crippen LogP contribution in [0.2, 0.25) is 0 Å². The van der Waals surface area contributed by atoms with E-state index in [0.29, 0.717) is 0 Å². The van der Waals surface area contributed by atoms with E-state index in [4.69, 9.17) is 0 Å². The fourth-order valence-electron chi connectivity index (χ4n) is 2.14. The first kappa shape index (κ1) is 11.6. The molecule has 84 valence electrons. The zero-order chi connectivity index (χ0) is 10.7. The van der Waals surface area contributed by atoms with Gasteiger partial charge in [-0.05, 0) is 55.8 Å². The van der Waals surface area contributed by atoms with Crippen LogP contribution >= 0.6 is 27.3 Å². The maximum absolute atomic E-state index is 3.58. The van der Waals surface area contributed by atoms with Gasteiger partial charge >= 0.3 is 0 Å². The highest BCUT2D eigenvalue weighted by molar-refractivity contribution is 9.09. The number of nitrogens with zero attached hydrogens (tertiary/aromatic N) is 1. The SMILES string of the molecule is Cc1cc(CN2CCC(CBr)CC2)cs1. The van der Waals surface area contributed by atoms with Gasteiger partial charge in [0.15, 0.2) is 0 Å². The van der Waals surface area contributed by atoms with E-state index in [1.54, 1.807) is 0 Å². The highest BCUT2D eigenvalue weighted by Crippen LogP contribution is 2.22. The fraction of sp³-hybridized carbons (Fsp3) is 0.667. The van der Waals surface area contributed by atoms with Gasteiger partial charge in [0.05, 0.1) is 0 Å². The molecule has 2 rings (SSSR count). The molecule has 1 fully saturated rings. The van der Waals surface area contributed by atoms with Crippen LogP contribution in [0.5, 0.6) is 0 Å². The zero-order valence-electron chi connectivity index (χ0n) is 9.21. The second-order valence-corrected chi connectivity index (χ2v) is 6.20. The Bertz CT molecular complexity index is 302. The lowest BCUT2D eigenvalue weighted by molar-refractivity contribution is 0.188. The van der Waals surface area contributed by atoms with Crippen molar-refractivity contribution in [2.45, 2.75) is 26.3 Å². The number of alkyl halides is 1. The van der Waals surface area contributed by atoms with Crippen LogP contribution in [-0.2, 0) is 6.54 Å². The summed E-state index contributed by atoms with van der Waals surface area (Å²) in [6, 6.07) is 2.32. The van der Waals surface area contributed by atoms with Gasteiger partial charge in [0.2, 0.25) is 0 Å². The predicted molar refractivity (Wildman–Crippen MR) is 70.9 cm³/mol. The van der Waals surface area contributed by atoms with Crippen LogP contribution in [0.4, 0.5) is 0 Å². The number of piperidine rings is 1. The first-order chi connectivity index (χ1) is 7.28. The molecule has 0 spiro atoms. The molecule has 1 aliphatic rings. The zero-order valence-corrected chi connectivity index (χ0v) is 11.6. The Morgan fingerprint density at radius 2 is 2.20 bits per heavy atom. The maximum Gasteiger partial charge on any atom is 0.0242 e. The number of likely N-dealkylation sites (tertiary alicyclic amines) is 1. The van der Waals surface area contributed by atoms with Gasteiger partial charge in [-0.2, -0.15) is 0 Å². The number of halogens is 1. The minimum absolute atomic E-state index is 0.908. The molecule has 0 bridgehead atoms. The average molecular weight is 288 g/mol. The lowest BCUT2D eigenvalue weighted by atomic mass is 9.99. The summed E-state index contributed by atoms with van der Waals surface area (Å²) >= 11 is 5.45. The largest absolute Gasteiger partial charge is 0.299 e. The topological polar surface area (TPSA) is 3.24 Å². The van der Waals surface area contributed by atoms with E-state index in [0.717, 1.165) is 12.5 Å². The summed E-state index contributed by atoms with van der Waals surface area (Å²) in [7, 11) is 0. The Morgan fingerprint density at radius 1 is 1.47 bits per heavy atom.